The van der Waals surface area contributed by atoms with Crippen molar-refractivity contribution in [1.82, 2.24) is 10.0 Å². The van der Waals surface area contributed by atoms with Crippen molar-refractivity contribution in [1.29, 1.82) is 0 Å². The fraction of sp³-hybridized carbons (Fsp3) is 0.600. The number of ether oxygens (including phenoxy) is 1. The van der Waals surface area contributed by atoms with E-state index in [0.717, 1.165) is 24.9 Å². The zero-order valence-electron chi connectivity index (χ0n) is 13.1. The van der Waals surface area contributed by atoms with Crippen LogP contribution in [0.3, 0.4) is 0 Å². The van der Waals surface area contributed by atoms with Crippen molar-refractivity contribution in [2.45, 2.75) is 37.6 Å². The molecule has 1 unspecified atom stereocenters. The summed E-state index contributed by atoms with van der Waals surface area (Å²) < 4.78 is 32.0. The van der Waals surface area contributed by atoms with Crippen LogP contribution < -0.4 is 10.0 Å². The summed E-state index contributed by atoms with van der Waals surface area (Å²) in [5.74, 6) is 0. The average Bonchev–Trinajstić information content (AvgIpc) is 2.47. The monoisotopic (exact) mass is 314 g/mol. The van der Waals surface area contributed by atoms with Crippen LogP contribution in [-0.2, 0) is 14.8 Å². The third-order valence-electron chi connectivity index (χ3n) is 3.25. The van der Waals surface area contributed by atoms with E-state index in [1.165, 1.54) is 0 Å². The Balaban J connectivity index is 2.68. The van der Waals surface area contributed by atoms with Crippen molar-refractivity contribution in [3.8, 4) is 0 Å². The van der Waals surface area contributed by atoms with E-state index in [1.54, 1.807) is 25.3 Å². The van der Waals surface area contributed by atoms with Crippen molar-refractivity contribution < 1.29 is 13.2 Å². The number of hydrogen-bond donors (Lipinski definition) is 2. The smallest absolute Gasteiger partial charge is 0.240 e. The molecule has 0 saturated carbocycles. The van der Waals surface area contributed by atoms with Crippen LogP contribution >= 0.6 is 0 Å². The number of methoxy groups -OCH3 is 1. The molecule has 1 atom stereocenters. The van der Waals surface area contributed by atoms with Gasteiger partial charge in [-0.2, -0.15) is 0 Å². The van der Waals surface area contributed by atoms with Gasteiger partial charge >= 0.3 is 0 Å². The predicted octanol–water partition coefficient (Wildman–Crippen LogP) is 2.06. The summed E-state index contributed by atoms with van der Waals surface area (Å²) in [4.78, 5) is 0.316. The Bertz CT molecular complexity index is 517. The Morgan fingerprint density at radius 2 is 2.05 bits per heavy atom. The van der Waals surface area contributed by atoms with Crippen LogP contribution in [0.25, 0.3) is 0 Å². The Hall–Kier alpha value is -0.950. The predicted molar refractivity (Wildman–Crippen MR) is 84.8 cm³/mol. The maximum atomic E-state index is 12.2. The molecule has 1 rings (SSSR count). The molecule has 0 spiro atoms. The third kappa shape index (κ3) is 6.13. The van der Waals surface area contributed by atoms with Gasteiger partial charge in [-0.05, 0) is 44.0 Å². The van der Waals surface area contributed by atoms with Crippen LogP contribution in [0.4, 0.5) is 0 Å². The summed E-state index contributed by atoms with van der Waals surface area (Å²) in [6.07, 6.45) is 1.61. The summed E-state index contributed by atoms with van der Waals surface area (Å²) in [5.41, 5.74) is 0.971. The average molecular weight is 314 g/mol. The first kappa shape index (κ1) is 18.1. The second-order valence-corrected chi connectivity index (χ2v) is 6.72. The van der Waals surface area contributed by atoms with Crippen LogP contribution in [0.1, 0.15) is 38.3 Å². The van der Waals surface area contributed by atoms with Gasteiger partial charge < -0.3 is 10.1 Å². The highest BCUT2D eigenvalue weighted by molar-refractivity contribution is 7.89. The molecule has 0 aliphatic carbocycles. The summed E-state index contributed by atoms with van der Waals surface area (Å²) in [7, 11) is -1.80. The van der Waals surface area contributed by atoms with E-state index in [2.05, 4.69) is 10.0 Å². The Morgan fingerprint density at radius 1 is 1.29 bits per heavy atom. The van der Waals surface area contributed by atoms with Gasteiger partial charge in [0.05, 0.1) is 4.90 Å². The fourth-order valence-electron chi connectivity index (χ4n) is 2.04. The molecule has 0 aromatic heterocycles. The summed E-state index contributed by atoms with van der Waals surface area (Å²) in [6.45, 7) is 5.97. The van der Waals surface area contributed by atoms with E-state index in [9.17, 15) is 8.42 Å². The van der Waals surface area contributed by atoms with Crippen molar-refractivity contribution in [2.24, 2.45) is 0 Å². The third-order valence-corrected chi connectivity index (χ3v) is 4.70. The Kier molecular flexibility index (Phi) is 7.88. The minimum absolute atomic E-state index is 0.131. The van der Waals surface area contributed by atoms with Crippen molar-refractivity contribution >= 4 is 10.0 Å². The lowest BCUT2D eigenvalue weighted by Gasteiger charge is -2.14. The molecule has 1 aromatic carbocycles. The first-order valence-electron chi connectivity index (χ1n) is 7.33. The molecule has 0 saturated heterocycles. The topological polar surface area (TPSA) is 67.4 Å². The zero-order valence-corrected chi connectivity index (χ0v) is 13.9. The van der Waals surface area contributed by atoms with E-state index >= 15 is 0 Å². The number of hydrogen-bond acceptors (Lipinski definition) is 4. The van der Waals surface area contributed by atoms with Gasteiger partial charge in [-0.3, -0.25) is 0 Å². The Morgan fingerprint density at radius 3 is 2.71 bits per heavy atom. The molecule has 0 amide bonds. The van der Waals surface area contributed by atoms with Gasteiger partial charge in [-0.15, -0.1) is 0 Å². The standard InChI is InChI=1S/C15H26N2O3S/c1-4-16-13(2)14-8-7-9-15(12-14)21(18,19)17-10-5-6-11-20-3/h7-9,12-13,16-17H,4-6,10-11H2,1-3H3. The first-order valence-corrected chi connectivity index (χ1v) is 8.81. The lowest BCUT2D eigenvalue weighted by atomic mass is 10.1. The van der Waals surface area contributed by atoms with Crippen LogP contribution in [-0.4, -0.2) is 35.2 Å². The SMILES string of the molecule is CCNC(C)c1cccc(S(=O)(=O)NCCCCOC)c1. The van der Waals surface area contributed by atoms with Crippen molar-refractivity contribution in [2.75, 3.05) is 26.8 Å². The first-order chi connectivity index (χ1) is 10.0. The van der Waals surface area contributed by atoms with E-state index in [1.807, 2.05) is 19.9 Å². The molecule has 5 nitrogen and oxygen atoms in total. The molecule has 0 aliphatic rings. The Labute approximate surface area is 128 Å². The molecule has 21 heavy (non-hydrogen) atoms. The van der Waals surface area contributed by atoms with Gasteiger partial charge in [0.1, 0.15) is 0 Å². The number of benzene rings is 1. The van der Waals surface area contributed by atoms with E-state index < -0.39 is 10.0 Å². The van der Waals surface area contributed by atoms with Crippen LogP contribution in [0.2, 0.25) is 0 Å². The summed E-state index contributed by atoms with van der Waals surface area (Å²) >= 11 is 0. The highest BCUT2D eigenvalue weighted by Crippen LogP contribution is 2.17. The van der Waals surface area contributed by atoms with Gasteiger partial charge in [0, 0.05) is 26.3 Å². The highest BCUT2D eigenvalue weighted by Gasteiger charge is 2.15. The number of sulfonamides is 1. The molecule has 120 valence electrons. The molecular weight excluding hydrogens is 288 g/mol. The van der Waals surface area contributed by atoms with Gasteiger partial charge in [0.25, 0.3) is 0 Å². The quantitative estimate of drug-likeness (QED) is 0.649. The maximum absolute atomic E-state index is 12.2. The number of rotatable bonds is 10. The lowest BCUT2D eigenvalue weighted by molar-refractivity contribution is 0.193. The minimum atomic E-state index is -3.44. The minimum Gasteiger partial charge on any atom is -0.385 e. The van der Waals surface area contributed by atoms with Crippen molar-refractivity contribution in [3.05, 3.63) is 29.8 Å². The van der Waals surface area contributed by atoms with Gasteiger partial charge in [0.15, 0.2) is 0 Å². The van der Waals surface area contributed by atoms with Crippen LogP contribution in [0, 0.1) is 0 Å². The number of unbranched alkanes of at least 4 members (excludes halogenated alkanes) is 1. The fourth-order valence-corrected chi connectivity index (χ4v) is 3.17. The highest BCUT2D eigenvalue weighted by atomic mass is 32.2. The molecule has 6 heteroatoms. The lowest BCUT2D eigenvalue weighted by Crippen LogP contribution is -2.25. The van der Waals surface area contributed by atoms with Gasteiger partial charge in [-0.1, -0.05) is 19.1 Å². The van der Waals surface area contributed by atoms with Gasteiger partial charge in [-0.25, -0.2) is 13.1 Å². The largest absolute Gasteiger partial charge is 0.385 e. The molecule has 2 N–H and O–H groups in total. The van der Waals surface area contributed by atoms with E-state index in [0.29, 0.717) is 18.0 Å². The summed E-state index contributed by atoms with van der Waals surface area (Å²) in [6, 6.07) is 7.20. The number of nitrogens with one attached hydrogen (secondary N) is 2. The molecule has 1 aromatic rings. The maximum Gasteiger partial charge on any atom is 0.240 e. The molecular formula is C15H26N2O3S. The van der Waals surface area contributed by atoms with E-state index in [4.69, 9.17) is 4.74 Å². The van der Waals surface area contributed by atoms with Crippen LogP contribution in [0.5, 0.6) is 0 Å². The van der Waals surface area contributed by atoms with Gasteiger partial charge in [0.2, 0.25) is 10.0 Å². The normalized spacial score (nSPS) is 13.3. The van der Waals surface area contributed by atoms with Crippen molar-refractivity contribution in [3.63, 3.8) is 0 Å². The molecule has 0 fully saturated rings. The second kappa shape index (κ2) is 9.15. The zero-order chi connectivity index (χ0) is 15.7. The van der Waals surface area contributed by atoms with Crippen LogP contribution in [0.15, 0.2) is 29.2 Å². The molecule has 0 bridgehead atoms. The molecule has 0 heterocycles. The van der Waals surface area contributed by atoms with E-state index in [-0.39, 0.29) is 6.04 Å². The second-order valence-electron chi connectivity index (χ2n) is 4.95. The molecule has 0 radical (unpaired) electrons. The molecule has 0 aliphatic heterocycles. The summed E-state index contributed by atoms with van der Waals surface area (Å²) in [5, 5.41) is 3.28.